The standard InChI is InChI=1S/C11H23NO4/c1-5-14-7-9(3)16-8-10(12-4)11(13)15-6-2/h9-10,12H,5-8H2,1-4H3. The summed E-state index contributed by atoms with van der Waals surface area (Å²) < 4.78 is 15.6. The van der Waals surface area contributed by atoms with Gasteiger partial charge in [0, 0.05) is 6.61 Å². The molecule has 0 bridgehead atoms. The SMILES string of the molecule is CCOCC(C)OCC(NC)C(=O)OCC. The monoisotopic (exact) mass is 233 g/mol. The Hall–Kier alpha value is -0.650. The molecule has 0 aliphatic carbocycles. The van der Waals surface area contributed by atoms with Crippen LogP contribution in [0.5, 0.6) is 0 Å². The average molecular weight is 233 g/mol. The molecule has 2 atom stereocenters. The predicted octanol–water partition coefficient (Wildman–Crippen LogP) is 0.579. The number of esters is 1. The molecule has 0 aromatic carbocycles. The molecular weight excluding hydrogens is 210 g/mol. The molecule has 0 spiro atoms. The Morgan fingerprint density at radius 3 is 2.44 bits per heavy atom. The van der Waals surface area contributed by atoms with E-state index < -0.39 is 6.04 Å². The van der Waals surface area contributed by atoms with E-state index in [4.69, 9.17) is 14.2 Å². The second-order valence-corrected chi connectivity index (χ2v) is 3.40. The van der Waals surface area contributed by atoms with Crippen LogP contribution in [0.25, 0.3) is 0 Å². The highest BCUT2D eigenvalue weighted by Gasteiger charge is 2.18. The maximum atomic E-state index is 11.4. The largest absolute Gasteiger partial charge is 0.465 e. The number of ether oxygens (including phenoxy) is 3. The van der Waals surface area contributed by atoms with E-state index in [1.807, 2.05) is 13.8 Å². The number of carbonyl (C=O) groups excluding carboxylic acids is 1. The van der Waals surface area contributed by atoms with Crippen molar-refractivity contribution in [3.05, 3.63) is 0 Å². The summed E-state index contributed by atoms with van der Waals surface area (Å²) in [4.78, 5) is 11.4. The molecule has 0 aromatic rings. The number of nitrogens with one attached hydrogen (secondary N) is 1. The Balaban J connectivity index is 3.81. The lowest BCUT2D eigenvalue weighted by Crippen LogP contribution is -2.40. The zero-order valence-electron chi connectivity index (χ0n) is 10.6. The van der Waals surface area contributed by atoms with E-state index in [2.05, 4.69) is 5.32 Å². The fraction of sp³-hybridized carbons (Fsp3) is 0.909. The summed E-state index contributed by atoms with van der Waals surface area (Å²) in [7, 11) is 1.71. The van der Waals surface area contributed by atoms with Gasteiger partial charge in [-0.15, -0.1) is 0 Å². The number of carbonyl (C=O) groups is 1. The van der Waals surface area contributed by atoms with Gasteiger partial charge < -0.3 is 19.5 Å². The topological polar surface area (TPSA) is 56.8 Å². The number of likely N-dealkylation sites (N-methyl/N-ethyl adjacent to an activating group) is 1. The summed E-state index contributed by atoms with van der Waals surface area (Å²) in [6, 6.07) is -0.413. The molecular formula is C11H23NO4. The van der Waals surface area contributed by atoms with E-state index in [0.717, 1.165) is 0 Å². The molecule has 5 heteroatoms. The van der Waals surface area contributed by atoms with Gasteiger partial charge in [0.15, 0.2) is 0 Å². The van der Waals surface area contributed by atoms with Crippen LogP contribution in [0.4, 0.5) is 0 Å². The summed E-state index contributed by atoms with van der Waals surface area (Å²) in [5.74, 6) is -0.284. The summed E-state index contributed by atoms with van der Waals surface area (Å²) >= 11 is 0. The van der Waals surface area contributed by atoms with E-state index in [9.17, 15) is 4.79 Å². The molecule has 5 nitrogen and oxygen atoms in total. The van der Waals surface area contributed by atoms with Gasteiger partial charge in [-0.05, 0) is 27.8 Å². The Labute approximate surface area is 97.4 Å². The molecule has 96 valence electrons. The van der Waals surface area contributed by atoms with Crippen molar-refractivity contribution >= 4 is 5.97 Å². The van der Waals surface area contributed by atoms with Gasteiger partial charge in [0.25, 0.3) is 0 Å². The Morgan fingerprint density at radius 1 is 1.25 bits per heavy atom. The van der Waals surface area contributed by atoms with Crippen molar-refractivity contribution in [2.24, 2.45) is 0 Å². The molecule has 16 heavy (non-hydrogen) atoms. The highest BCUT2D eigenvalue weighted by Crippen LogP contribution is 1.96. The highest BCUT2D eigenvalue weighted by molar-refractivity contribution is 5.75. The molecule has 0 saturated carbocycles. The Kier molecular flexibility index (Phi) is 9.18. The van der Waals surface area contributed by atoms with Crippen molar-refractivity contribution in [2.45, 2.75) is 32.9 Å². The first-order chi connectivity index (χ1) is 7.65. The van der Waals surface area contributed by atoms with Crippen LogP contribution in [-0.2, 0) is 19.0 Å². The van der Waals surface area contributed by atoms with Crippen LogP contribution in [0.15, 0.2) is 0 Å². The van der Waals surface area contributed by atoms with E-state index in [-0.39, 0.29) is 12.1 Å². The molecule has 0 amide bonds. The smallest absolute Gasteiger partial charge is 0.325 e. The summed E-state index contributed by atoms with van der Waals surface area (Å²) in [5, 5.41) is 2.86. The third-order valence-electron chi connectivity index (χ3n) is 2.02. The van der Waals surface area contributed by atoms with Crippen LogP contribution in [0.2, 0.25) is 0 Å². The Morgan fingerprint density at radius 2 is 1.94 bits per heavy atom. The average Bonchev–Trinajstić information content (AvgIpc) is 2.27. The first-order valence-electron chi connectivity index (χ1n) is 5.68. The minimum Gasteiger partial charge on any atom is -0.465 e. The van der Waals surface area contributed by atoms with E-state index >= 15 is 0 Å². The van der Waals surface area contributed by atoms with Crippen LogP contribution >= 0.6 is 0 Å². The lowest BCUT2D eigenvalue weighted by atomic mass is 10.3. The number of hydrogen-bond acceptors (Lipinski definition) is 5. The normalized spacial score (nSPS) is 14.5. The van der Waals surface area contributed by atoms with Gasteiger partial charge in [-0.1, -0.05) is 0 Å². The van der Waals surface area contributed by atoms with Crippen molar-refractivity contribution in [3.63, 3.8) is 0 Å². The zero-order chi connectivity index (χ0) is 12.4. The second kappa shape index (κ2) is 9.57. The molecule has 0 saturated heterocycles. The zero-order valence-corrected chi connectivity index (χ0v) is 10.6. The fourth-order valence-electron chi connectivity index (χ4n) is 1.10. The second-order valence-electron chi connectivity index (χ2n) is 3.40. The van der Waals surface area contributed by atoms with E-state index in [1.165, 1.54) is 0 Å². The van der Waals surface area contributed by atoms with Crippen LogP contribution in [0.1, 0.15) is 20.8 Å². The summed E-state index contributed by atoms with van der Waals surface area (Å²) in [6.45, 7) is 7.50. The summed E-state index contributed by atoms with van der Waals surface area (Å²) in [6.07, 6.45) is -0.0229. The molecule has 0 radical (unpaired) electrons. The van der Waals surface area contributed by atoms with Crippen LogP contribution in [0.3, 0.4) is 0 Å². The van der Waals surface area contributed by atoms with Gasteiger partial charge in [-0.2, -0.15) is 0 Å². The fourth-order valence-corrected chi connectivity index (χ4v) is 1.10. The molecule has 0 fully saturated rings. The first-order valence-corrected chi connectivity index (χ1v) is 5.68. The van der Waals surface area contributed by atoms with Crippen LogP contribution < -0.4 is 5.32 Å². The highest BCUT2D eigenvalue weighted by atomic mass is 16.5. The molecule has 0 aromatic heterocycles. The maximum Gasteiger partial charge on any atom is 0.325 e. The molecule has 0 heterocycles. The van der Waals surface area contributed by atoms with Gasteiger partial charge in [-0.3, -0.25) is 4.79 Å². The minimum absolute atomic E-state index is 0.0229. The lowest BCUT2D eigenvalue weighted by Gasteiger charge is -2.18. The third kappa shape index (κ3) is 6.76. The first kappa shape index (κ1) is 15.3. The van der Waals surface area contributed by atoms with Crippen molar-refractivity contribution in [1.82, 2.24) is 5.32 Å². The quantitative estimate of drug-likeness (QED) is 0.590. The van der Waals surface area contributed by atoms with E-state index in [0.29, 0.717) is 26.4 Å². The maximum absolute atomic E-state index is 11.4. The minimum atomic E-state index is -0.413. The molecule has 0 aliphatic heterocycles. The molecule has 1 N–H and O–H groups in total. The number of hydrogen-bond donors (Lipinski definition) is 1. The lowest BCUT2D eigenvalue weighted by molar-refractivity contribution is -0.148. The van der Waals surface area contributed by atoms with Crippen LogP contribution in [-0.4, -0.2) is 51.6 Å². The van der Waals surface area contributed by atoms with Crippen molar-refractivity contribution < 1.29 is 19.0 Å². The van der Waals surface area contributed by atoms with Crippen LogP contribution in [0, 0.1) is 0 Å². The van der Waals surface area contributed by atoms with Gasteiger partial charge in [0.05, 0.1) is 25.9 Å². The molecule has 0 aliphatic rings. The third-order valence-corrected chi connectivity index (χ3v) is 2.02. The van der Waals surface area contributed by atoms with Gasteiger partial charge in [-0.25, -0.2) is 0 Å². The van der Waals surface area contributed by atoms with E-state index in [1.54, 1.807) is 14.0 Å². The predicted molar refractivity (Wildman–Crippen MR) is 61.4 cm³/mol. The summed E-state index contributed by atoms with van der Waals surface area (Å²) in [5.41, 5.74) is 0. The van der Waals surface area contributed by atoms with Crippen molar-refractivity contribution in [1.29, 1.82) is 0 Å². The van der Waals surface area contributed by atoms with Gasteiger partial charge in [0.1, 0.15) is 6.04 Å². The molecule has 2 unspecified atom stereocenters. The number of rotatable bonds is 9. The van der Waals surface area contributed by atoms with Crippen molar-refractivity contribution in [3.8, 4) is 0 Å². The molecule has 0 rings (SSSR count). The van der Waals surface area contributed by atoms with Gasteiger partial charge >= 0.3 is 5.97 Å². The Bertz CT molecular complexity index is 187. The van der Waals surface area contributed by atoms with Crippen molar-refractivity contribution in [2.75, 3.05) is 33.5 Å². The van der Waals surface area contributed by atoms with Gasteiger partial charge in [0.2, 0.25) is 0 Å².